The zero-order chi connectivity index (χ0) is 32.4. The highest BCUT2D eigenvalue weighted by atomic mass is 16.6. The van der Waals surface area contributed by atoms with Crippen LogP contribution in [0.4, 0.5) is 4.79 Å². The largest absolute Gasteiger partial charge is 0.460 e. The Morgan fingerprint density at radius 3 is 1.26 bits per heavy atom. The average molecular weight is 595 g/mol. The van der Waals surface area contributed by atoms with Crippen molar-refractivity contribution in [3.05, 3.63) is 20.9 Å². The number of hydrogen-bond donors (Lipinski definition) is 1. The fourth-order valence-electron chi connectivity index (χ4n) is 4.36. The molecule has 15 heteroatoms. The van der Waals surface area contributed by atoms with Crippen LogP contribution in [0.2, 0.25) is 0 Å². The van der Waals surface area contributed by atoms with Gasteiger partial charge in [0, 0.05) is 47.7 Å². The first-order valence-electron chi connectivity index (χ1n) is 14.0. The molecule has 2 amide bonds. The quantitative estimate of drug-likeness (QED) is 0.101. The van der Waals surface area contributed by atoms with Crippen molar-refractivity contribution < 1.29 is 33.4 Å². The van der Waals surface area contributed by atoms with Gasteiger partial charge in [-0.05, 0) is 92.6 Å². The van der Waals surface area contributed by atoms with Crippen LogP contribution in [0.15, 0.2) is 10.2 Å². The van der Waals surface area contributed by atoms with E-state index in [2.05, 4.69) is 25.4 Å². The number of urea groups is 1. The van der Waals surface area contributed by atoms with Crippen LogP contribution in [0.1, 0.15) is 101 Å². The van der Waals surface area contributed by atoms with E-state index in [9.17, 15) is 19.2 Å². The van der Waals surface area contributed by atoms with E-state index >= 15 is 0 Å². The highest BCUT2D eigenvalue weighted by molar-refractivity contribution is 5.77. The maximum Gasteiger partial charge on any atom is 0.317 e. The molecule has 0 aliphatic carbocycles. The SMILES string of the molecule is CC(C)(C)OC(=O)CCC(CCC(=O)OC(C)(C)C)(CCC(=O)OC(C)(C)C)NC(=O)N1C[C@@H](N=[N+]=[N-])[C@H](N=[N+]=[N-])C1. The summed E-state index contributed by atoms with van der Waals surface area (Å²) in [7, 11) is 0. The normalized spacial score (nSPS) is 17.4. The molecule has 2 atom stereocenters. The van der Waals surface area contributed by atoms with Crippen molar-refractivity contribution >= 4 is 23.9 Å². The first-order valence-corrected chi connectivity index (χ1v) is 14.0. The number of carbonyl (C=O) groups excluding carboxylic acids is 4. The fourth-order valence-corrected chi connectivity index (χ4v) is 4.36. The second kappa shape index (κ2) is 15.0. The Morgan fingerprint density at radius 1 is 0.690 bits per heavy atom. The van der Waals surface area contributed by atoms with Crippen molar-refractivity contribution in [2.75, 3.05) is 13.1 Å². The van der Waals surface area contributed by atoms with Gasteiger partial charge in [-0.3, -0.25) is 14.4 Å². The van der Waals surface area contributed by atoms with Crippen molar-refractivity contribution in [1.82, 2.24) is 10.2 Å². The summed E-state index contributed by atoms with van der Waals surface area (Å²) in [6, 6.07) is -2.13. The second-order valence-corrected chi connectivity index (χ2v) is 13.4. The summed E-state index contributed by atoms with van der Waals surface area (Å²) in [4.78, 5) is 58.6. The third-order valence-electron chi connectivity index (χ3n) is 6.00. The minimum atomic E-state index is -1.23. The molecule has 15 nitrogen and oxygen atoms in total. The van der Waals surface area contributed by atoms with E-state index in [-0.39, 0.29) is 51.6 Å². The predicted molar refractivity (Wildman–Crippen MR) is 154 cm³/mol. The Hall–Kier alpha value is -3.70. The first-order chi connectivity index (χ1) is 19.2. The van der Waals surface area contributed by atoms with Crippen LogP contribution in [-0.4, -0.2) is 76.4 Å². The van der Waals surface area contributed by atoms with Gasteiger partial charge < -0.3 is 24.4 Å². The molecule has 0 radical (unpaired) electrons. The van der Waals surface area contributed by atoms with Gasteiger partial charge >= 0.3 is 23.9 Å². The minimum absolute atomic E-state index is 0.0140. The number of nitrogens with zero attached hydrogens (tertiary/aromatic N) is 7. The van der Waals surface area contributed by atoms with E-state index < -0.39 is 58.4 Å². The maximum atomic E-state index is 13.6. The summed E-state index contributed by atoms with van der Waals surface area (Å²) >= 11 is 0. The molecule has 1 rings (SSSR count). The summed E-state index contributed by atoms with van der Waals surface area (Å²) in [5.41, 5.74) is 14.4. The molecule has 1 heterocycles. The summed E-state index contributed by atoms with van der Waals surface area (Å²) in [6.07, 6.45) is -0.180. The molecule has 0 aromatic rings. The number of amides is 2. The fraction of sp³-hybridized carbons (Fsp3) is 0.852. The molecule has 1 N–H and O–H groups in total. The number of ether oxygens (including phenoxy) is 3. The molecule has 0 bridgehead atoms. The number of rotatable bonds is 12. The second-order valence-electron chi connectivity index (χ2n) is 13.4. The number of esters is 3. The van der Waals surface area contributed by atoms with E-state index in [0.29, 0.717) is 0 Å². The summed E-state index contributed by atoms with van der Waals surface area (Å²) in [5.74, 6) is -1.53. The molecule has 0 spiro atoms. The lowest BCUT2D eigenvalue weighted by Gasteiger charge is -2.37. The number of azide groups is 2. The van der Waals surface area contributed by atoms with E-state index in [1.54, 1.807) is 62.3 Å². The van der Waals surface area contributed by atoms with Gasteiger partial charge in [-0.1, -0.05) is 10.2 Å². The van der Waals surface area contributed by atoms with Gasteiger partial charge in [0.05, 0.1) is 12.1 Å². The summed E-state index contributed by atoms with van der Waals surface area (Å²) < 4.78 is 16.4. The van der Waals surface area contributed by atoms with Crippen LogP contribution in [0.25, 0.3) is 20.9 Å². The zero-order valence-corrected chi connectivity index (χ0v) is 26.3. The molecular formula is C27H46N8O7. The molecule has 1 aliphatic heterocycles. The summed E-state index contributed by atoms with van der Waals surface area (Å²) in [6.45, 7) is 15.6. The Labute approximate surface area is 247 Å². The monoisotopic (exact) mass is 594 g/mol. The third kappa shape index (κ3) is 14.3. The number of likely N-dealkylation sites (tertiary alicyclic amines) is 1. The van der Waals surface area contributed by atoms with Crippen LogP contribution in [0, 0.1) is 0 Å². The number of carbonyl (C=O) groups is 4. The van der Waals surface area contributed by atoms with Crippen molar-refractivity contribution in [2.45, 2.75) is 135 Å². The van der Waals surface area contributed by atoms with Gasteiger partial charge in [-0.15, -0.1) is 0 Å². The van der Waals surface area contributed by atoms with Gasteiger partial charge in [-0.2, -0.15) is 0 Å². The highest BCUT2D eigenvalue weighted by Crippen LogP contribution is 2.29. The molecule has 42 heavy (non-hydrogen) atoms. The Morgan fingerprint density at radius 2 is 1.00 bits per heavy atom. The van der Waals surface area contributed by atoms with E-state index in [1.165, 1.54) is 4.90 Å². The van der Waals surface area contributed by atoms with Gasteiger partial charge in [0.2, 0.25) is 0 Å². The molecule has 1 aliphatic rings. The lowest BCUT2D eigenvalue weighted by molar-refractivity contribution is -0.155. The van der Waals surface area contributed by atoms with Crippen molar-refractivity contribution in [3.8, 4) is 0 Å². The van der Waals surface area contributed by atoms with Crippen molar-refractivity contribution in [3.63, 3.8) is 0 Å². The van der Waals surface area contributed by atoms with Crippen LogP contribution in [-0.2, 0) is 28.6 Å². The van der Waals surface area contributed by atoms with E-state index in [1.807, 2.05) is 0 Å². The molecule has 236 valence electrons. The van der Waals surface area contributed by atoms with Crippen LogP contribution in [0.5, 0.6) is 0 Å². The topological polar surface area (TPSA) is 209 Å². The molecule has 0 aromatic carbocycles. The third-order valence-corrected chi connectivity index (χ3v) is 6.00. The molecule has 1 saturated heterocycles. The molecule has 0 unspecified atom stereocenters. The standard InChI is InChI=1S/C27H46N8O7/c1-24(2,3)40-20(36)10-13-27(14-11-21(37)41-25(4,5)6,15-12-22(38)42-26(7,8)9)30-23(39)35-16-18(31-33-28)19(17-35)32-34-29/h18-19H,10-17H2,1-9H3,(H,30,39)/t18-,19-/m1/s1. The van der Waals surface area contributed by atoms with Gasteiger partial charge in [0.15, 0.2) is 0 Å². The van der Waals surface area contributed by atoms with E-state index in [0.717, 1.165) is 0 Å². The smallest absolute Gasteiger partial charge is 0.317 e. The predicted octanol–water partition coefficient (Wildman–Crippen LogP) is 5.47. The van der Waals surface area contributed by atoms with E-state index in [4.69, 9.17) is 25.3 Å². The Bertz CT molecular complexity index is 973. The molecular weight excluding hydrogens is 548 g/mol. The zero-order valence-electron chi connectivity index (χ0n) is 26.3. The number of hydrogen-bond acceptors (Lipinski definition) is 9. The van der Waals surface area contributed by atoms with Gasteiger partial charge in [-0.25, -0.2) is 4.79 Å². The van der Waals surface area contributed by atoms with Crippen LogP contribution in [0.3, 0.4) is 0 Å². The van der Waals surface area contributed by atoms with Crippen LogP contribution >= 0.6 is 0 Å². The van der Waals surface area contributed by atoms with Crippen molar-refractivity contribution in [1.29, 1.82) is 0 Å². The first kappa shape index (κ1) is 36.3. The molecule has 0 aromatic heterocycles. The number of nitrogens with one attached hydrogen (secondary N) is 1. The highest BCUT2D eigenvalue weighted by Gasteiger charge is 2.40. The Kier molecular flexibility index (Phi) is 12.9. The average Bonchev–Trinajstić information content (AvgIpc) is 3.20. The van der Waals surface area contributed by atoms with Crippen LogP contribution < -0.4 is 5.32 Å². The molecule has 1 fully saturated rings. The van der Waals surface area contributed by atoms with Gasteiger partial charge in [0.1, 0.15) is 16.8 Å². The summed E-state index contributed by atoms with van der Waals surface area (Å²) in [5, 5.41) is 10.2. The lowest BCUT2D eigenvalue weighted by Crippen LogP contribution is -2.54. The molecule has 0 saturated carbocycles. The lowest BCUT2D eigenvalue weighted by atomic mass is 9.83. The van der Waals surface area contributed by atoms with Crippen molar-refractivity contribution in [2.24, 2.45) is 10.2 Å². The maximum absolute atomic E-state index is 13.6. The van der Waals surface area contributed by atoms with Gasteiger partial charge in [0.25, 0.3) is 0 Å². The minimum Gasteiger partial charge on any atom is -0.460 e. The Balaban J connectivity index is 3.36.